The predicted octanol–water partition coefficient (Wildman–Crippen LogP) is 4.93. The molecular weight excluding hydrogens is 263 g/mol. The van der Waals surface area contributed by atoms with Crippen molar-refractivity contribution in [1.29, 1.82) is 0 Å². The van der Waals surface area contributed by atoms with Gasteiger partial charge in [-0.15, -0.1) is 0 Å². The maximum atomic E-state index is 13.0. The van der Waals surface area contributed by atoms with Crippen molar-refractivity contribution in [2.45, 2.75) is 57.8 Å². The van der Waals surface area contributed by atoms with Gasteiger partial charge in [0.15, 0.2) is 0 Å². The van der Waals surface area contributed by atoms with Crippen LogP contribution in [0.5, 0.6) is 0 Å². The smallest absolute Gasteiger partial charge is 0.307 e. The van der Waals surface area contributed by atoms with E-state index in [1.54, 1.807) is 12.1 Å². The van der Waals surface area contributed by atoms with Crippen LogP contribution in [-0.4, -0.2) is 6.04 Å². The van der Waals surface area contributed by atoms with Crippen LogP contribution in [0.15, 0.2) is 24.3 Å². The van der Waals surface area contributed by atoms with Crippen LogP contribution in [0.25, 0.3) is 0 Å². The molecule has 0 spiro atoms. The molecule has 1 saturated carbocycles. The van der Waals surface area contributed by atoms with E-state index >= 15 is 0 Å². The fourth-order valence-electron chi connectivity index (χ4n) is 3.21. The van der Waals surface area contributed by atoms with Gasteiger partial charge in [-0.05, 0) is 44.2 Å². The average molecular weight is 285 g/mol. The molecule has 112 valence electrons. The second-order valence-corrected chi connectivity index (χ2v) is 5.81. The van der Waals surface area contributed by atoms with E-state index in [0.29, 0.717) is 11.5 Å². The summed E-state index contributed by atoms with van der Waals surface area (Å²) in [6.07, 6.45) is 0.557. The number of halogens is 3. The highest BCUT2D eigenvalue weighted by molar-refractivity contribution is 5.32. The van der Waals surface area contributed by atoms with Gasteiger partial charge in [0, 0.05) is 12.1 Å². The summed E-state index contributed by atoms with van der Waals surface area (Å²) in [6, 6.07) is 5.81. The molecule has 1 fully saturated rings. The quantitative estimate of drug-likeness (QED) is 0.826. The number of hydrogen-bond donors (Lipinski definition) is 1. The summed E-state index contributed by atoms with van der Waals surface area (Å²) < 4.78 is 39.1. The Morgan fingerprint density at radius 2 is 1.70 bits per heavy atom. The molecule has 0 radical (unpaired) electrons. The normalized spacial score (nSPS) is 20.1. The van der Waals surface area contributed by atoms with E-state index in [2.05, 4.69) is 12.2 Å². The van der Waals surface area contributed by atoms with Crippen molar-refractivity contribution >= 4 is 0 Å². The predicted molar refractivity (Wildman–Crippen MR) is 74.4 cm³/mol. The van der Waals surface area contributed by atoms with Crippen LogP contribution < -0.4 is 5.32 Å². The molecule has 1 aliphatic rings. The zero-order valence-electron chi connectivity index (χ0n) is 12.0. The van der Waals surface area contributed by atoms with E-state index in [-0.39, 0.29) is 12.1 Å². The average Bonchev–Trinajstić information content (AvgIpc) is 2.91. The lowest BCUT2D eigenvalue weighted by Crippen LogP contribution is -2.35. The topological polar surface area (TPSA) is 12.0 Å². The van der Waals surface area contributed by atoms with Crippen molar-refractivity contribution in [1.82, 2.24) is 5.32 Å². The fourth-order valence-corrected chi connectivity index (χ4v) is 3.21. The van der Waals surface area contributed by atoms with Crippen LogP contribution in [0.1, 0.15) is 56.7 Å². The Kier molecular flexibility index (Phi) is 4.74. The zero-order chi connectivity index (χ0) is 14.8. The van der Waals surface area contributed by atoms with E-state index in [9.17, 15) is 13.2 Å². The minimum absolute atomic E-state index is 0.258. The van der Waals surface area contributed by atoms with Gasteiger partial charge in [-0.25, -0.2) is 0 Å². The van der Waals surface area contributed by atoms with Gasteiger partial charge in [-0.3, -0.25) is 0 Å². The van der Waals surface area contributed by atoms with Crippen LogP contribution in [0.3, 0.4) is 0 Å². The summed E-state index contributed by atoms with van der Waals surface area (Å²) in [5.41, 5.74) is -0.191. The minimum Gasteiger partial charge on any atom is -0.307 e. The molecule has 0 amide bonds. The summed E-state index contributed by atoms with van der Waals surface area (Å²) in [6.45, 7) is 3.90. The Labute approximate surface area is 118 Å². The molecule has 1 aromatic rings. The molecule has 0 bridgehead atoms. The Morgan fingerprint density at radius 1 is 1.10 bits per heavy atom. The second kappa shape index (κ2) is 6.17. The Balaban J connectivity index is 2.10. The van der Waals surface area contributed by atoms with Crippen molar-refractivity contribution in [2.24, 2.45) is 5.92 Å². The first-order valence-corrected chi connectivity index (χ1v) is 7.31. The summed E-state index contributed by atoms with van der Waals surface area (Å²) >= 11 is 0. The number of rotatable bonds is 4. The lowest BCUT2D eigenvalue weighted by Gasteiger charge is -2.26. The molecule has 1 N–H and O–H groups in total. The first kappa shape index (κ1) is 15.4. The van der Waals surface area contributed by atoms with Gasteiger partial charge in [0.05, 0.1) is 5.56 Å². The van der Waals surface area contributed by atoms with Crippen molar-refractivity contribution in [3.05, 3.63) is 35.4 Å². The van der Waals surface area contributed by atoms with Crippen LogP contribution in [0.2, 0.25) is 0 Å². The Morgan fingerprint density at radius 3 is 2.30 bits per heavy atom. The van der Waals surface area contributed by atoms with Crippen LogP contribution in [0.4, 0.5) is 13.2 Å². The monoisotopic (exact) mass is 285 g/mol. The first-order chi connectivity index (χ1) is 9.39. The van der Waals surface area contributed by atoms with Crippen molar-refractivity contribution < 1.29 is 13.2 Å². The second-order valence-electron chi connectivity index (χ2n) is 5.81. The van der Waals surface area contributed by atoms with E-state index in [1.165, 1.54) is 31.7 Å². The molecule has 1 aromatic carbocycles. The molecule has 0 saturated heterocycles. The van der Waals surface area contributed by atoms with Gasteiger partial charge >= 0.3 is 6.18 Å². The van der Waals surface area contributed by atoms with Crippen LogP contribution >= 0.6 is 0 Å². The fraction of sp³-hybridized carbons (Fsp3) is 0.625. The molecule has 1 unspecified atom stereocenters. The van der Waals surface area contributed by atoms with E-state index < -0.39 is 11.7 Å². The van der Waals surface area contributed by atoms with E-state index in [1.807, 2.05) is 6.92 Å². The largest absolute Gasteiger partial charge is 0.416 e. The molecule has 20 heavy (non-hydrogen) atoms. The van der Waals surface area contributed by atoms with Gasteiger partial charge in [-0.2, -0.15) is 13.2 Å². The molecular formula is C16H22F3N. The standard InChI is InChI=1S/C16H22F3N/c1-11(13-7-3-4-8-13)20-12(2)14-9-5-6-10-15(14)16(17,18)19/h5-6,9-13,20H,3-4,7-8H2,1-2H3/t11-,12?/m0/s1. The van der Waals surface area contributed by atoms with Gasteiger partial charge in [-0.1, -0.05) is 31.0 Å². The molecule has 0 aromatic heterocycles. The third-order valence-electron chi connectivity index (χ3n) is 4.35. The summed E-state index contributed by atoms with van der Waals surface area (Å²) in [5, 5.41) is 3.35. The number of benzene rings is 1. The lowest BCUT2D eigenvalue weighted by atomic mass is 9.96. The number of hydrogen-bond acceptors (Lipinski definition) is 1. The highest BCUT2D eigenvalue weighted by atomic mass is 19.4. The van der Waals surface area contributed by atoms with Crippen molar-refractivity contribution in [2.75, 3.05) is 0 Å². The zero-order valence-corrected chi connectivity index (χ0v) is 12.0. The molecule has 4 heteroatoms. The van der Waals surface area contributed by atoms with Gasteiger partial charge in [0.1, 0.15) is 0 Å². The SMILES string of the molecule is CC(N[C@@H](C)C1CCCC1)c1ccccc1C(F)(F)F. The molecule has 0 aliphatic heterocycles. The summed E-state index contributed by atoms with van der Waals surface area (Å²) in [7, 11) is 0. The summed E-state index contributed by atoms with van der Waals surface area (Å²) in [4.78, 5) is 0. The van der Waals surface area contributed by atoms with Gasteiger partial charge < -0.3 is 5.32 Å². The molecule has 1 nitrogen and oxygen atoms in total. The Hall–Kier alpha value is -1.03. The van der Waals surface area contributed by atoms with Gasteiger partial charge in [0.2, 0.25) is 0 Å². The Bertz CT molecular complexity index is 436. The van der Waals surface area contributed by atoms with Crippen LogP contribution in [0, 0.1) is 5.92 Å². The van der Waals surface area contributed by atoms with Crippen molar-refractivity contribution in [3.63, 3.8) is 0 Å². The maximum Gasteiger partial charge on any atom is 0.416 e. The lowest BCUT2D eigenvalue weighted by molar-refractivity contribution is -0.138. The minimum atomic E-state index is -4.29. The highest BCUT2D eigenvalue weighted by Gasteiger charge is 2.34. The number of alkyl halides is 3. The van der Waals surface area contributed by atoms with E-state index in [0.717, 1.165) is 6.07 Å². The molecule has 2 rings (SSSR count). The third kappa shape index (κ3) is 3.54. The van der Waals surface area contributed by atoms with E-state index in [4.69, 9.17) is 0 Å². The summed E-state index contributed by atoms with van der Waals surface area (Å²) in [5.74, 6) is 0.593. The van der Waals surface area contributed by atoms with Crippen LogP contribution in [-0.2, 0) is 6.18 Å². The van der Waals surface area contributed by atoms with Gasteiger partial charge in [0.25, 0.3) is 0 Å². The molecule has 1 aliphatic carbocycles. The molecule has 2 atom stereocenters. The number of nitrogens with one attached hydrogen (secondary N) is 1. The molecule has 0 heterocycles. The first-order valence-electron chi connectivity index (χ1n) is 7.31. The maximum absolute atomic E-state index is 13.0. The third-order valence-corrected chi connectivity index (χ3v) is 4.35. The highest BCUT2D eigenvalue weighted by Crippen LogP contribution is 2.35. The van der Waals surface area contributed by atoms with Crippen molar-refractivity contribution in [3.8, 4) is 0 Å².